The fourth-order valence-electron chi connectivity index (χ4n) is 1.30. The van der Waals surface area contributed by atoms with Crippen molar-refractivity contribution in [2.75, 3.05) is 34.0 Å². The molecule has 1 rings (SSSR count). The van der Waals surface area contributed by atoms with Gasteiger partial charge in [0.05, 0.1) is 20.3 Å². The third-order valence-electron chi connectivity index (χ3n) is 2.31. The normalized spacial score (nSPS) is 10.1. The van der Waals surface area contributed by atoms with Crippen molar-refractivity contribution in [3.8, 4) is 5.75 Å². The molecule has 0 aliphatic carbocycles. The number of rotatable bonds is 8. The number of hydrogen-bond donors (Lipinski definition) is 1. The summed E-state index contributed by atoms with van der Waals surface area (Å²) in [7, 11) is 3.21. The molecule has 0 saturated heterocycles. The fourth-order valence-corrected chi connectivity index (χ4v) is 1.30. The van der Waals surface area contributed by atoms with Gasteiger partial charge in [-0.1, -0.05) is 12.1 Å². The molecule has 0 saturated carbocycles. The number of carbonyl (C=O) groups excluding carboxylic acids is 1. The topological polar surface area (TPSA) is 56.8 Å². The van der Waals surface area contributed by atoms with Crippen LogP contribution in [0.25, 0.3) is 0 Å². The Morgan fingerprint density at radius 1 is 1.17 bits per heavy atom. The first kappa shape index (κ1) is 14.5. The van der Waals surface area contributed by atoms with Crippen LogP contribution in [-0.4, -0.2) is 39.9 Å². The van der Waals surface area contributed by atoms with Gasteiger partial charge in [-0.25, -0.2) is 0 Å². The summed E-state index contributed by atoms with van der Waals surface area (Å²) in [6.07, 6.45) is 0. The lowest BCUT2D eigenvalue weighted by Crippen LogP contribution is -2.27. The minimum Gasteiger partial charge on any atom is -0.497 e. The molecule has 0 aliphatic heterocycles. The highest BCUT2D eigenvalue weighted by Crippen LogP contribution is 2.10. The van der Waals surface area contributed by atoms with E-state index < -0.39 is 0 Å². The second-order valence-electron chi connectivity index (χ2n) is 3.67. The molecule has 18 heavy (non-hydrogen) atoms. The minimum atomic E-state index is -0.137. The number of hydrogen-bond acceptors (Lipinski definition) is 4. The van der Waals surface area contributed by atoms with E-state index in [4.69, 9.17) is 14.2 Å². The van der Waals surface area contributed by atoms with Crippen LogP contribution in [0, 0.1) is 0 Å². The summed E-state index contributed by atoms with van der Waals surface area (Å²) in [5.41, 5.74) is 1.01. The van der Waals surface area contributed by atoms with Gasteiger partial charge in [0.1, 0.15) is 12.4 Å². The van der Waals surface area contributed by atoms with E-state index in [1.54, 1.807) is 14.2 Å². The molecule has 0 aromatic heterocycles. The van der Waals surface area contributed by atoms with Gasteiger partial charge in [0.25, 0.3) is 0 Å². The predicted octanol–water partition coefficient (Wildman–Crippen LogP) is 0.974. The maximum absolute atomic E-state index is 11.4. The van der Waals surface area contributed by atoms with E-state index in [1.807, 2.05) is 24.3 Å². The maximum Gasteiger partial charge on any atom is 0.246 e. The Morgan fingerprint density at radius 3 is 2.50 bits per heavy atom. The third-order valence-corrected chi connectivity index (χ3v) is 2.31. The SMILES string of the molecule is COCCOCC(=O)NCc1ccc(OC)cc1. The lowest BCUT2D eigenvalue weighted by Gasteiger charge is -2.07. The van der Waals surface area contributed by atoms with Gasteiger partial charge in [-0.15, -0.1) is 0 Å². The lowest BCUT2D eigenvalue weighted by atomic mass is 10.2. The molecule has 0 unspecified atom stereocenters. The highest BCUT2D eigenvalue weighted by molar-refractivity contribution is 5.77. The van der Waals surface area contributed by atoms with Crippen LogP contribution in [0.15, 0.2) is 24.3 Å². The standard InChI is InChI=1S/C13H19NO4/c1-16-7-8-18-10-13(15)14-9-11-3-5-12(17-2)6-4-11/h3-6H,7-10H2,1-2H3,(H,14,15). The quantitative estimate of drug-likeness (QED) is 0.701. The molecular formula is C13H19NO4. The summed E-state index contributed by atoms with van der Waals surface area (Å²) in [4.78, 5) is 11.4. The Labute approximate surface area is 107 Å². The van der Waals surface area contributed by atoms with E-state index in [2.05, 4.69) is 5.32 Å². The zero-order valence-electron chi connectivity index (χ0n) is 10.8. The molecule has 5 nitrogen and oxygen atoms in total. The lowest BCUT2D eigenvalue weighted by molar-refractivity contribution is -0.126. The molecule has 5 heteroatoms. The predicted molar refractivity (Wildman–Crippen MR) is 67.5 cm³/mol. The van der Waals surface area contributed by atoms with Crippen LogP contribution in [0.5, 0.6) is 5.75 Å². The fraction of sp³-hybridized carbons (Fsp3) is 0.462. The Bertz CT molecular complexity index is 351. The Balaban J connectivity index is 2.20. The van der Waals surface area contributed by atoms with Gasteiger partial charge < -0.3 is 19.5 Å². The summed E-state index contributed by atoms with van der Waals surface area (Å²) < 4.78 is 15.0. The first-order valence-corrected chi connectivity index (χ1v) is 5.72. The number of carbonyl (C=O) groups is 1. The number of ether oxygens (including phenoxy) is 3. The molecule has 1 amide bonds. The minimum absolute atomic E-state index is 0.0551. The molecular weight excluding hydrogens is 234 g/mol. The molecule has 0 spiro atoms. The van der Waals surface area contributed by atoms with E-state index >= 15 is 0 Å². The number of amides is 1. The van der Waals surface area contributed by atoms with Gasteiger partial charge in [-0.05, 0) is 17.7 Å². The monoisotopic (exact) mass is 253 g/mol. The van der Waals surface area contributed by atoms with Crippen molar-refractivity contribution in [2.24, 2.45) is 0 Å². The van der Waals surface area contributed by atoms with Gasteiger partial charge >= 0.3 is 0 Å². The van der Waals surface area contributed by atoms with Gasteiger partial charge in [-0.2, -0.15) is 0 Å². The molecule has 0 radical (unpaired) electrons. The summed E-state index contributed by atoms with van der Waals surface area (Å²) in [5, 5.41) is 2.77. The largest absolute Gasteiger partial charge is 0.497 e. The number of benzene rings is 1. The van der Waals surface area contributed by atoms with Crippen molar-refractivity contribution in [3.05, 3.63) is 29.8 Å². The summed E-state index contributed by atoms with van der Waals surface area (Å²) in [6.45, 7) is 1.45. The number of methoxy groups -OCH3 is 2. The highest BCUT2D eigenvalue weighted by Gasteiger charge is 2.01. The van der Waals surface area contributed by atoms with Crippen molar-refractivity contribution in [1.29, 1.82) is 0 Å². The van der Waals surface area contributed by atoms with E-state index in [9.17, 15) is 4.79 Å². The molecule has 1 aromatic carbocycles. The number of nitrogens with one attached hydrogen (secondary N) is 1. The Hall–Kier alpha value is -1.59. The zero-order valence-corrected chi connectivity index (χ0v) is 10.8. The molecule has 1 aromatic rings. The summed E-state index contributed by atoms with van der Waals surface area (Å²) in [5.74, 6) is 0.662. The van der Waals surface area contributed by atoms with Crippen LogP contribution < -0.4 is 10.1 Å². The molecule has 1 N–H and O–H groups in total. The van der Waals surface area contributed by atoms with Crippen molar-refractivity contribution >= 4 is 5.91 Å². The van der Waals surface area contributed by atoms with Crippen LogP contribution >= 0.6 is 0 Å². The molecule has 0 aliphatic rings. The van der Waals surface area contributed by atoms with Crippen molar-refractivity contribution < 1.29 is 19.0 Å². The average molecular weight is 253 g/mol. The van der Waals surface area contributed by atoms with E-state index in [1.165, 1.54) is 0 Å². The van der Waals surface area contributed by atoms with Crippen LogP contribution in [0.2, 0.25) is 0 Å². The first-order chi connectivity index (χ1) is 8.76. The summed E-state index contributed by atoms with van der Waals surface area (Å²) in [6, 6.07) is 7.53. The summed E-state index contributed by atoms with van der Waals surface area (Å²) >= 11 is 0. The van der Waals surface area contributed by atoms with E-state index in [0.29, 0.717) is 19.8 Å². The van der Waals surface area contributed by atoms with Crippen molar-refractivity contribution in [1.82, 2.24) is 5.32 Å². The van der Waals surface area contributed by atoms with E-state index in [-0.39, 0.29) is 12.5 Å². The van der Waals surface area contributed by atoms with Crippen LogP contribution in [0.1, 0.15) is 5.56 Å². The molecule has 0 fully saturated rings. The van der Waals surface area contributed by atoms with Gasteiger partial charge in [0, 0.05) is 13.7 Å². The van der Waals surface area contributed by atoms with Gasteiger partial charge in [0.15, 0.2) is 0 Å². The smallest absolute Gasteiger partial charge is 0.246 e. The third kappa shape index (κ3) is 5.65. The zero-order chi connectivity index (χ0) is 13.2. The second kappa shape index (κ2) is 8.49. The van der Waals surface area contributed by atoms with Gasteiger partial charge in [-0.3, -0.25) is 4.79 Å². The van der Waals surface area contributed by atoms with Crippen molar-refractivity contribution in [3.63, 3.8) is 0 Å². The first-order valence-electron chi connectivity index (χ1n) is 5.72. The molecule has 0 atom stereocenters. The Morgan fingerprint density at radius 2 is 1.89 bits per heavy atom. The van der Waals surface area contributed by atoms with Gasteiger partial charge in [0.2, 0.25) is 5.91 Å². The average Bonchev–Trinajstić information content (AvgIpc) is 2.42. The second-order valence-corrected chi connectivity index (χ2v) is 3.67. The van der Waals surface area contributed by atoms with Crippen LogP contribution in [0.3, 0.4) is 0 Å². The molecule has 100 valence electrons. The molecule has 0 heterocycles. The van der Waals surface area contributed by atoms with E-state index in [0.717, 1.165) is 11.3 Å². The van der Waals surface area contributed by atoms with Crippen LogP contribution in [0.4, 0.5) is 0 Å². The Kier molecular flexibility index (Phi) is 6.83. The van der Waals surface area contributed by atoms with Crippen molar-refractivity contribution in [2.45, 2.75) is 6.54 Å². The highest BCUT2D eigenvalue weighted by atomic mass is 16.5. The van der Waals surface area contributed by atoms with Crippen LogP contribution in [-0.2, 0) is 20.8 Å². The molecule has 0 bridgehead atoms. The maximum atomic E-state index is 11.4.